The molecule has 2 heterocycles. The molecule has 0 spiro atoms. The number of nitrogens with one attached hydrogen (secondary N) is 1. The van der Waals surface area contributed by atoms with Crippen molar-refractivity contribution in [3.8, 4) is 0 Å². The summed E-state index contributed by atoms with van der Waals surface area (Å²) in [6.07, 6.45) is 0.479. The van der Waals surface area contributed by atoms with Crippen molar-refractivity contribution in [2.24, 2.45) is 0 Å². The van der Waals surface area contributed by atoms with Gasteiger partial charge in [0.25, 0.3) is 5.91 Å². The summed E-state index contributed by atoms with van der Waals surface area (Å²) in [5.74, 6) is -0.0684. The van der Waals surface area contributed by atoms with Gasteiger partial charge in [-0.1, -0.05) is 18.2 Å². The van der Waals surface area contributed by atoms with Gasteiger partial charge in [0.2, 0.25) is 0 Å². The quantitative estimate of drug-likeness (QED) is 0.890. The highest BCUT2D eigenvalue weighted by Gasteiger charge is 2.29. The molecule has 1 atom stereocenters. The molecule has 1 N–H and O–H groups in total. The molecular formula is C16H20N2O4S. The molecule has 7 heteroatoms. The Hall–Kier alpha value is -1.86. The van der Waals surface area contributed by atoms with Gasteiger partial charge in [-0.2, -0.15) is 0 Å². The van der Waals surface area contributed by atoms with Gasteiger partial charge in [0, 0.05) is 30.6 Å². The van der Waals surface area contributed by atoms with Gasteiger partial charge in [0.1, 0.15) is 5.69 Å². The molecule has 0 radical (unpaired) electrons. The van der Waals surface area contributed by atoms with Crippen LogP contribution in [0.1, 0.15) is 16.9 Å². The summed E-state index contributed by atoms with van der Waals surface area (Å²) in [5.41, 5.74) is 1.50. The first kappa shape index (κ1) is 16.0. The lowest BCUT2D eigenvalue weighted by molar-refractivity contribution is 0.0929. The lowest BCUT2D eigenvalue weighted by atomic mass is 10.2. The Morgan fingerprint density at radius 3 is 2.87 bits per heavy atom. The van der Waals surface area contributed by atoms with E-state index in [4.69, 9.17) is 4.74 Å². The number of aromatic nitrogens is 1. The van der Waals surface area contributed by atoms with E-state index in [1.165, 1.54) is 0 Å². The van der Waals surface area contributed by atoms with Crippen molar-refractivity contribution in [3.63, 3.8) is 0 Å². The molecule has 2 aromatic rings. The van der Waals surface area contributed by atoms with E-state index in [2.05, 4.69) is 5.32 Å². The number of ether oxygens (including phenoxy) is 1. The molecule has 1 aliphatic heterocycles. The lowest BCUT2D eigenvalue weighted by Gasteiger charge is -2.13. The topological polar surface area (TPSA) is 77.4 Å². The molecule has 23 heavy (non-hydrogen) atoms. The molecular weight excluding hydrogens is 316 g/mol. The monoisotopic (exact) mass is 336 g/mol. The zero-order valence-corrected chi connectivity index (χ0v) is 13.8. The second kappa shape index (κ2) is 6.33. The maximum atomic E-state index is 12.6. The summed E-state index contributed by atoms with van der Waals surface area (Å²) in [6, 6.07) is 9.30. The summed E-state index contributed by atoms with van der Waals surface area (Å²) in [5, 5.41) is 3.83. The number of sulfone groups is 1. The molecule has 1 aromatic carbocycles. The molecule has 1 aliphatic rings. The van der Waals surface area contributed by atoms with Gasteiger partial charge in [-0.05, 0) is 18.6 Å². The van der Waals surface area contributed by atoms with Crippen LogP contribution in [0.25, 0.3) is 10.9 Å². The summed E-state index contributed by atoms with van der Waals surface area (Å²) in [7, 11) is -1.39. The van der Waals surface area contributed by atoms with Crippen LogP contribution in [0.5, 0.6) is 0 Å². The van der Waals surface area contributed by atoms with Gasteiger partial charge in [0.05, 0.1) is 18.1 Å². The molecule has 0 aliphatic carbocycles. The van der Waals surface area contributed by atoms with Crippen molar-refractivity contribution in [1.29, 1.82) is 0 Å². The van der Waals surface area contributed by atoms with Gasteiger partial charge in [-0.3, -0.25) is 4.79 Å². The Balaban J connectivity index is 1.87. The van der Waals surface area contributed by atoms with E-state index < -0.39 is 9.84 Å². The largest absolute Gasteiger partial charge is 0.383 e. The number of methoxy groups -OCH3 is 1. The van der Waals surface area contributed by atoms with Crippen molar-refractivity contribution in [1.82, 2.24) is 9.88 Å². The number of hydrogen-bond donors (Lipinski definition) is 1. The van der Waals surface area contributed by atoms with E-state index in [-0.39, 0.29) is 23.5 Å². The predicted octanol–water partition coefficient (Wildman–Crippen LogP) is 1.20. The molecule has 0 bridgehead atoms. The fourth-order valence-corrected chi connectivity index (χ4v) is 4.66. The van der Waals surface area contributed by atoms with Crippen LogP contribution in [-0.2, 0) is 21.1 Å². The van der Waals surface area contributed by atoms with Crippen molar-refractivity contribution < 1.29 is 17.9 Å². The van der Waals surface area contributed by atoms with E-state index in [0.29, 0.717) is 25.3 Å². The molecule has 1 aromatic heterocycles. The number of rotatable bonds is 5. The standard InChI is InChI=1S/C16H20N2O4S/c1-22-8-7-18-14-5-3-2-4-12(14)10-15(18)16(19)17-13-6-9-23(20,21)11-13/h2-5,10,13H,6-9,11H2,1H3,(H,17,19)/t13-/m1/s1. The highest BCUT2D eigenvalue weighted by molar-refractivity contribution is 7.91. The van der Waals surface area contributed by atoms with Crippen LogP contribution in [0, 0.1) is 0 Å². The van der Waals surface area contributed by atoms with Gasteiger partial charge in [-0.25, -0.2) is 8.42 Å². The van der Waals surface area contributed by atoms with Crippen LogP contribution in [0.15, 0.2) is 30.3 Å². The van der Waals surface area contributed by atoms with Crippen LogP contribution in [0.4, 0.5) is 0 Å². The smallest absolute Gasteiger partial charge is 0.268 e. The predicted molar refractivity (Wildman–Crippen MR) is 88.3 cm³/mol. The zero-order valence-electron chi connectivity index (χ0n) is 13.0. The van der Waals surface area contributed by atoms with Gasteiger partial charge >= 0.3 is 0 Å². The number of hydrogen-bond acceptors (Lipinski definition) is 4. The fraction of sp³-hybridized carbons (Fsp3) is 0.438. The van der Waals surface area contributed by atoms with Crippen LogP contribution < -0.4 is 5.32 Å². The SMILES string of the molecule is COCCn1c(C(=O)N[C@@H]2CCS(=O)(=O)C2)cc2ccccc21. The van der Waals surface area contributed by atoms with Gasteiger partial charge < -0.3 is 14.6 Å². The van der Waals surface area contributed by atoms with Gasteiger partial charge in [0.15, 0.2) is 9.84 Å². The number of amides is 1. The van der Waals surface area contributed by atoms with Crippen molar-refractivity contribution in [3.05, 3.63) is 36.0 Å². The number of benzene rings is 1. The minimum atomic E-state index is -3.01. The van der Waals surface area contributed by atoms with E-state index in [9.17, 15) is 13.2 Å². The number of carbonyl (C=O) groups excluding carboxylic acids is 1. The minimum absolute atomic E-state index is 0.0248. The van der Waals surface area contributed by atoms with E-state index in [0.717, 1.165) is 10.9 Å². The van der Waals surface area contributed by atoms with Crippen LogP contribution in [0.3, 0.4) is 0 Å². The summed E-state index contributed by atoms with van der Waals surface area (Å²) in [4.78, 5) is 12.6. The molecule has 0 unspecified atom stereocenters. The summed E-state index contributed by atoms with van der Waals surface area (Å²) >= 11 is 0. The Bertz CT molecular complexity index is 826. The summed E-state index contributed by atoms with van der Waals surface area (Å²) < 4.78 is 30.1. The first-order chi connectivity index (χ1) is 11.0. The van der Waals surface area contributed by atoms with E-state index >= 15 is 0 Å². The highest BCUT2D eigenvalue weighted by Crippen LogP contribution is 2.20. The number of fused-ring (bicyclic) bond motifs is 1. The second-order valence-corrected chi connectivity index (χ2v) is 8.03. The second-order valence-electron chi connectivity index (χ2n) is 5.81. The third-order valence-corrected chi connectivity index (χ3v) is 5.90. The van der Waals surface area contributed by atoms with Crippen molar-refractivity contribution >= 4 is 26.6 Å². The first-order valence-corrected chi connectivity index (χ1v) is 9.41. The average molecular weight is 336 g/mol. The lowest BCUT2D eigenvalue weighted by Crippen LogP contribution is -2.36. The maximum Gasteiger partial charge on any atom is 0.268 e. The number of carbonyl (C=O) groups is 1. The Morgan fingerprint density at radius 2 is 2.17 bits per heavy atom. The first-order valence-electron chi connectivity index (χ1n) is 7.59. The molecule has 3 rings (SSSR count). The van der Waals surface area contributed by atoms with Crippen LogP contribution in [-0.4, -0.2) is 50.2 Å². The number of para-hydroxylation sites is 1. The molecule has 0 saturated carbocycles. The minimum Gasteiger partial charge on any atom is -0.383 e. The van der Waals surface area contributed by atoms with Gasteiger partial charge in [-0.15, -0.1) is 0 Å². The molecule has 1 saturated heterocycles. The van der Waals surface area contributed by atoms with Crippen molar-refractivity contribution in [2.45, 2.75) is 19.0 Å². The third-order valence-electron chi connectivity index (χ3n) is 4.13. The average Bonchev–Trinajstić information content (AvgIpc) is 3.05. The maximum absolute atomic E-state index is 12.6. The molecule has 124 valence electrons. The molecule has 6 nitrogen and oxygen atoms in total. The highest BCUT2D eigenvalue weighted by atomic mass is 32.2. The normalized spacial score (nSPS) is 20.0. The third kappa shape index (κ3) is 3.40. The fourth-order valence-electron chi connectivity index (χ4n) is 2.99. The summed E-state index contributed by atoms with van der Waals surface area (Å²) in [6.45, 7) is 1.06. The molecule has 1 amide bonds. The Morgan fingerprint density at radius 1 is 1.39 bits per heavy atom. The van der Waals surface area contributed by atoms with Crippen LogP contribution in [0.2, 0.25) is 0 Å². The van der Waals surface area contributed by atoms with E-state index in [1.54, 1.807) is 7.11 Å². The Labute approximate surface area is 135 Å². The molecule has 1 fully saturated rings. The van der Waals surface area contributed by atoms with Crippen molar-refractivity contribution in [2.75, 3.05) is 25.2 Å². The Kier molecular flexibility index (Phi) is 4.41. The van der Waals surface area contributed by atoms with E-state index in [1.807, 2.05) is 34.9 Å². The zero-order chi connectivity index (χ0) is 16.4. The van der Waals surface area contributed by atoms with Crippen LogP contribution >= 0.6 is 0 Å². The number of nitrogens with zero attached hydrogens (tertiary/aromatic N) is 1.